The highest BCUT2D eigenvalue weighted by Crippen LogP contribution is 2.23. The second-order valence-electron chi connectivity index (χ2n) is 5.40. The second-order valence-corrected chi connectivity index (χ2v) is 5.40. The molecule has 1 amide bonds. The van der Waals surface area contributed by atoms with Crippen molar-refractivity contribution in [2.45, 2.75) is 52.0 Å². The van der Waals surface area contributed by atoms with Crippen molar-refractivity contribution < 1.29 is 4.79 Å². The van der Waals surface area contributed by atoms with Gasteiger partial charge < -0.3 is 10.2 Å². The van der Waals surface area contributed by atoms with E-state index in [0.717, 1.165) is 19.0 Å². The monoisotopic (exact) mass is 226 g/mol. The molecule has 0 aromatic carbocycles. The minimum absolute atomic E-state index is 0.241. The zero-order chi connectivity index (χ0) is 12.2. The summed E-state index contributed by atoms with van der Waals surface area (Å²) in [5.41, 5.74) is -0.419. The molecule has 1 aliphatic heterocycles. The van der Waals surface area contributed by atoms with Crippen LogP contribution in [0.25, 0.3) is 0 Å². The number of rotatable bonds is 4. The lowest BCUT2D eigenvalue weighted by Gasteiger charge is -2.36. The van der Waals surface area contributed by atoms with Crippen molar-refractivity contribution in [3.63, 3.8) is 0 Å². The molecule has 1 rings (SSSR count). The standard InChI is InChI=1S/C13H26N2O/c1-5-6-11-7-9-15(10-8-11)12(16)13(2,3)14-4/h11,14H,5-10H2,1-4H3. The van der Waals surface area contributed by atoms with E-state index in [1.54, 1.807) is 0 Å². The van der Waals surface area contributed by atoms with Gasteiger partial charge in [0.05, 0.1) is 5.54 Å². The van der Waals surface area contributed by atoms with E-state index in [0.29, 0.717) is 0 Å². The fraction of sp³-hybridized carbons (Fsp3) is 0.923. The normalized spacial score (nSPS) is 18.9. The molecule has 0 unspecified atom stereocenters. The number of carbonyl (C=O) groups is 1. The van der Waals surface area contributed by atoms with Crippen LogP contribution in [-0.4, -0.2) is 36.5 Å². The molecular formula is C13H26N2O. The largest absolute Gasteiger partial charge is 0.341 e. The van der Waals surface area contributed by atoms with Gasteiger partial charge in [-0.3, -0.25) is 4.79 Å². The first-order valence-electron chi connectivity index (χ1n) is 6.49. The van der Waals surface area contributed by atoms with E-state index in [-0.39, 0.29) is 5.91 Å². The van der Waals surface area contributed by atoms with Gasteiger partial charge in [0.1, 0.15) is 0 Å². The Morgan fingerprint density at radius 2 is 1.94 bits per heavy atom. The van der Waals surface area contributed by atoms with Crippen LogP contribution in [0.5, 0.6) is 0 Å². The number of hydrogen-bond acceptors (Lipinski definition) is 2. The van der Waals surface area contributed by atoms with Gasteiger partial charge >= 0.3 is 0 Å². The van der Waals surface area contributed by atoms with Crippen molar-refractivity contribution in [2.24, 2.45) is 5.92 Å². The fourth-order valence-electron chi connectivity index (χ4n) is 2.34. The summed E-state index contributed by atoms with van der Waals surface area (Å²) >= 11 is 0. The Kier molecular flexibility index (Phi) is 4.78. The molecule has 0 spiro atoms. The number of likely N-dealkylation sites (tertiary alicyclic amines) is 1. The van der Waals surface area contributed by atoms with Crippen molar-refractivity contribution >= 4 is 5.91 Å². The summed E-state index contributed by atoms with van der Waals surface area (Å²) in [4.78, 5) is 14.2. The average molecular weight is 226 g/mol. The lowest BCUT2D eigenvalue weighted by atomic mass is 9.91. The molecule has 0 atom stereocenters. The van der Waals surface area contributed by atoms with Crippen LogP contribution in [0.2, 0.25) is 0 Å². The van der Waals surface area contributed by atoms with Crippen LogP contribution >= 0.6 is 0 Å². The lowest BCUT2D eigenvalue weighted by Crippen LogP contribution is -2.54. The maximum atomic E-state index is 12.2. The Balaban J connectivity index is 2.45. The van der Waals surface area contributed by atoms with Crippen molar-refractivity contribution in [3.8, 4) is 0 Å². The lowest BCUT2D eigenvalue weighted by molar-refractivity contribution is -0.138. The highest BCUT2D eigenvalue weighted by Gasteiger charge is 2.32. The average Bonchev–Trinajstić information content (AvgIpc) is 2.29. The molecule has 0 aliphatic carbocycles. The van der Waals surface area contributed by atoms with Gasteiger partial charge in [0.25, 0.3) is 0 Å². The molecule has 0 aromatic rings. The van der Waals surface area contributed by atoms with Gasteiger partial charge in [-0.1, -0.05) is 19.8 Å². The van der Waals surface area contributed by atoms with E-state index < -0.39 is 5.54 Å². The van der Waals surface area contributed by atoms with Gasteiger partial charge in [-0.25, -0.2) is 0 Å². The minimum Gasteiger partial charge on any atom is -0.341 e. The summed E-state index contributed by atoms with van der Waals surface area (Å²) < 4.78 is 0. The van der Waals surface area contributed by atoms with Crippen LogP contribution in [0, 0.1) is 5.92 Å². The zero-order valence-corrected chi connectivity index (χ0v) is 11.2. The molecule has 0 aromatic heterocycles. The Morgan fingerprint density at radius 1 is 1.38 bits per heavy atom. The van der Waals surface area contributed by atoms with Crippen LogP contribution in [0.4, 0.5) is 0 Å². The predicted octanol–water partition coefficient (Wildman–Crippen LogP) is 2.02. The number of nitrogens with one attached hydrogen (secondary N) is 1. The third-order valence-corrected chi connectivity index (χ3v) is 3.76. The van der Waals surface area contributed by atoms with E-state index in [9.17, 15) is 4.79 Å². The third kappa shape index (κ3) is 3.21. The van der Waals surface area contributed by atoms with Crippen molar-refractivity contribution in [1.82, 2.24) is 10.2 Å². The molecule has 3 heteroatoms. The smallest absolute Gasteiger partial charge is 0.242 e. The number of hydrogen-bond donors (Lipinski definition) is 1. The first-order valence-corrected chi connectivity index (χ1v) is 6.49. The zero-order valence-electron chi connectivity index (χ0n) is 11.2. The second kappa shape index (κ2) is 5.67. The molecule has 1 heterocycles. The van der Waals surface area contributed by atoms with Crippen LogP contribution in [-0.2, 0) is 4.79 Å². The Labute approximate surface area is 99.6 Å². The number of amides is 1. The first kappa shape index (κ1) is 13.5. The van der Waals surface area contributed by atoms with Crippen LogP contribution in [0.15, 0.2) is 0 Å². The quantitative estimate of drug-likeness (QED) is 0.795. The number of nitrogens with zero attached hydrogens (tertiary/aromatic N) is 1. The Hall–Kier alpha value is -0.570. The summed E-state index contributed by atoms with van der Waals surface area (Å²) in [5, 5.41) is 3.08. The molecular weight excluding hydrogens is 200 g/mol. The highest BCUT2D eigenvalue weighted by molar-refractivity contribution is 5.85. The van der Waals surface area contributed by atoms with Gasteiger partial charge in [-0.15, -0.1) is 0 Å². The molecule has 0 radical (unpaired) electrons. The molecule has 3 nitrogen and oxygen atoms in total. The predicted molar refractivity (Wildman–Crippen MR) is 67.4 cm³/mol. The number of likely N-dealkylation sites (N-methyl/N-ethyl adjacent to an activating group) is 1. The highest BCUT2D eigenvalue weighted by atomic mass is 16.2. The number of piperidine rings is 1. The van der Waals surface area contributed by atoms with E-state index in [2.05, 4.69) is 12.2 Å². The summed E-state index contributed by atoms with van der Waals surface area (Å²) in [5.74, 6) is 1.08. The Bertz CT molecular complexity index is 230. The molecule has 1 saturated heterocycles. The van der Waals surface area contributed by atoms with E-state index in [1.165, 1.54) is 25.7 Å². The summed E-state index contributed by atoms with van der Waals surface area (Å²) in [6.07, 6.45) is 4.94. The van der Waals surface area contributed by atoms with Gasteiger partial charge in [0.15, 0.2) is 0 Å². The summed E-state index contributed by atoms with van der Waals surface area (Å²) in [7, 11) is 1.85. The molecule has 94 valence electrons. The number of carbonyl (C=O) groups excluding carboxylic acids is 1. The van der Waals surface area contributed by atoms with Crippen LogP contribution in [0.1, 0.15) is 46.5 Å². The molecule has 0 bridgehead atoms. The van der Waals surface area contributed by atoms with Gasteiger partial charge in [-0.05, 0) is 39.7 Å². The molecule has 1 N–H and O–H groups in total. The summed E-state index contributed by atoms with van der Waals surface area (Å²) in [6.45, 7) is 8.02. The van der Waals surface area contributed by atoms with Crippen molar-refractivity contribution in [3.05, 3.63) is 0 Å². The van der Waals surface area contributed by atoms with Crippen molar-refractivity contribution in [2.75, 3.05) is 20.1 Å². The fourth-order valence-corrected chi connectivity index (χ4v) is 2.34. The minimum atomic E-state index is -0.419. The van der Waals surface area contributed by atoms with Gasteiger partial charge in [0.2, 0.25) is 5.91 Å². The van der Waals surface area contributed by atoms with E-state index >= 15 is 0 Å². The van der Waals surface area contributed by atoms with Crippen molar-refractivity contribution in [1.29, 1.82) is 0 Å². The van der Waals surface area contributed by atoms with Gasteiger partial charge in [0, 0.05) is 13.1 Å². The van der Waals surface area contributed by atoms with Crippen LogP contribution < -0.4 is 5.32 Å². The van der Waals surface area contributed by atoms with E-state index in [4.69, 9.17) is 0 Å². The summed E-state index contributed by atoms with van der Waals surface area (Å²) in [6, 6.07) is 0. The third-order valence-electron chi connectivity index (χ3n) is 3.76. The van der Waals surface area contributed by atoms with Crippen LogP contribution in [0.3, 0.4) is 0 Å². The SMILES string of the molecule is CCCC1CCN(C(=O)C(C)(C)NC)CC1. The maximum absolute atomic E-state index is 12.2. The molecule has 16 heavy (non-hydrogen) atoms. The van der Waals surface area contributed by atoms with E-state index in [1.807, 2.05) is 25.8 Å². The first-order chi connectivity index (χ1) is 7.51. The molecule has 1 aliphatic rings. The molecule has 0 saturated carbocycles. The maximum Gasteiger partial charge on any atom is 0.242 e. The van der Waals surface area contributed by atoms with Gasteiger partial charge in [-0.2, -0.15) is 0 Å². The molecule has 1 fully saturated rings. The topological polar surface area (TPSA) is 32.3 Å². The Morgan fingerprint density at radius 3 is 2.38 bits per heavy atom.